The average Bonchev–Trinajstić information content (AvgIpc) is 2.63. The second-order valence-electron chi connectivity index (χ2n) is 6.05. The maximum atomic E-state index is 9.55. The zero-order chi connectivity index (χ0) is 19.4. The first-order valence-corrected chi connectivity index (χ1v) is 9.14. The minimum absolute atomic E-state index is 0.558. The molecule has 1 aromatic rings. The Hall–Kier alpha value is -1.89. The molecule has 1 aromatic carbocycles. The molecule has 144 valence electrons. The molecule has 0 amide bonds. The Balaban J connectivity index is 0.000000359. The smallest absolute Gasteiger partial charge is 0.328 e. The number of nitrogens with zero attached hydrogens (tertiary/aromatic N) is 1. The van der Waals surface area contributed by atoms with E-state index in [1.54, 1.807) is 0 Å². The van der Waals surface area contributed by atoms with Gasteiger partial charge in [-0.25, -0.2) is 9.59 Å². The standard InChI is InChI=1S/C15H23ClN2.C4H4O4/c1-2-11-18(14-7-9-17-10-8-14)12-13-5-3-4-6-15(13)16;5-3(6)1-2-4(7)8/h3-6,14,17H,2,7-12H2,1H3;1-2H,(H,5,6)(H,7,8). The van der Waals surface area contributed by atoms with Crippen molar-refractivity contribution in [3.63, 3.8) is 0 Å². The lowest BCUT2D eigenvalue weighted by atomic mass is 10.0. The largest absolute Gasteiger partial charge is 0.478 e. The molecule has 0 aliphatic carbocycles. The van der Waals surface area contributed by atoms with Gasteiger partial charge in [0.1, 0.15) is 0 Å². The van der Waals surface area contributed by atoms with Gasteiger partial charge >= 0.3 is 11.9 Å². The Labute approximate surface area is 159 Å². The summed E-state index contributed by atoms with van der Waals surface area (Å²) in [6, 6.07) is 8.92. The van der Waals surface area contributed by atoms with Crippen molar-refractivity contribution in [3.05, 3.63) is 47.0 Å². The first kappa shape index (κ1) is 22.2. The SMILES string of the molecule is CCCN(Cc1ccccc1Cl)C1CCNCC1.O=C(O)C=CC(=O)O. The summed E-state index contributed by atoms with van der Waals surface area (Å²) < 4.78 is 0. The van der Waals surface area contributed by atoms with Gasteiger partial charge in [0.2, 0.25) is 0 Å². The number of nitrogens with one attached hydrogen (secondary N) is 1. The fraction of sp³-hybridized carbons (Fsp3) is 0.474. The summed E-state index contributed by atoms with van der Waals surface area (Å²) in [4.78, 5) is 21.7. The zero-order valence-electron chi connectivity index (χ0n) is 15.0. The summed E-state index contributed by atoms with van der Waals surface area (Å²) in [6.07, 6.45) is 4.83. The van der Waals surface area contributed by atoms with E-state index < -0.39 is 11.9 Å². The van der Waals surface area contributed by atoms with Gasteiger partial charge in [0.25, 0.3) is 0 Å². The van der Waals surface area contributed by atoms with Crippen LogP contribution in [0.3, 0.4) is 0 Å². The molecular formula is C19H27ClN2O4. The highest BCUT2D eigenvalue weighted by Crippen LogP contribution is 2.21. The van der Waals surface area contributed by atoms with Gasteiger partial charge in [-0.3, -0.25) is 4.90 Å². The molecule has 3 N–H and O–H groups in total. The van der Waals surface area contributed by atoms with Gasteiger partial charge in [-0.1, -0.05) is 36.7 Å². The molecule has 0 radical (unpaired) electrons. The first-order valence-electron chi connectivity index (χ1n) is 8.76. The van der Waals surface area contributed by atoms with Crippen LogP contribution < -0.4 is 5.32 Å². The normalized spacial score (nSPS) is 14.9. The lowest BCUT2D eigenvalue weighted by Gasteiger charge is -2.34. The quantitative estimate of drug-likeness (QED) is 0.628. The van der Waals surface area contributed by atoms with Gasteiger partial charge in [0, 0.05) is 29.8 Å². The van der Waals surface area contributed by atoms with Gasteiger partial charge < -0.3 is 15.5 Å². The third-order valence-corrected chi connectivity index (χ3v) is 4.40. The number of hydrogen-bond acceptors (Lipinski definition) is 4. The number of carboxylic acids is 2. The van der Waals surface area contributed by atoms with Crippen LogP contribution in [-0.4, -0.2) is 52.7 Å². The van der Waals surface area contributed by atoms with Crippen LogP contribution in [0.15, 0.2) is 36.4 Å². The minimum atomic E-state index is -1.26. The zero-order valence-corrected chi connectivity index (χ0v) is 15.8. The van der Waals surface area contributed by atoms with Crippen LogP contribution in [0, 0.1) is 0 Å². The van der Waals surface area contributed by atoms with Crippen molar-refractivity contribution in [2.75, 3.05) is 19.6 Å². The van der Waals surface area contributed by atoms with E-state index in [0.29, 0.717) is 18.2 Å². The highest BCUT2D eigenvalue weighted by atomic mass is 35.5. The van der Waals surface area contributed by atoms with Crippen LogP contribution in [0.4, 0.5) is 0 Å². The van der Waals surface area contributed by atoms with E-state index in [4.69, 9.17) is 21.8 Å². The molecule has 1 aliphatic heterocycles. The molecule has 0 spiro atoms. The van der Waals surface area contributed by atoms with Crippen molar-refractivity contribution >= 4 is 23.5 Å². The number of halogens is 1. The van der Waals surface area contributed by atoms with Crippen LogP contribution in [0.1, 0.15) is 31.7 Å². The van der Waals surface area contributed by atoms with E-state index in [9.17, 15) is 9.59 Å². The predicted molar refractivity (Wildman–Crippen MR) is 102 cm³/mol. The van der Waals surface area contributed by atoms with E-state index in [-0.39, 0.29) is 0 Å². The molecule has 7 heteroatoms. The number of hydrogen-bond donors (Lipinski definition) is 3. The van der Waals surface area contributed by atoms with Crippen molar-refractivity contribution in [3.8, 4) is 0 Å². The van der Waals surface area contributed by atoms with Crippen LogP contribution in [0.2, 0.25) is 5.02 Å². The Kier molecular flexibility index (Phi) is 10.6. The molecule has 6 nitrogen and oxygen atoms in total. The second kappa shape index (κ2) is 12.5. The number of carboxylic acid groups (broad SMARTS) is 2. The third kappa shape index (κ3) is 8.99. The molecule has 0 aromatic heterocycles. The molecule has 1 aliphatic rings. The predicted octanol–water partition coefficient (Wildman–Crippen LogP) is 3.02. The van der Waals surface area contributed by atoms with Gasteiger partial charge in [-0.05, 0) is 50.5 Å². The number of rotatable bonds is 7. The molecule has 1 fully saturated rings. The fourth-order valence-electron chi connectivity index (χ4n) is 2.84. The highest BCUT2D eigenvalue weighted by Gasteiger charge is 2.20. The maximum absolute atomic E-state index is 9.55. The first-order chi connectivity index (χ1) is 12.4. The van der Waals surface area contributed by atoms with Gasteiger partial charge in [0.05, 0.1) is 0 Å². The summed E-state index contributed by atoms with van der Waals surface area (Å²) in [6.45, 7) is 6.69. The van der Waals surface area contributed by atoms with Crippen molar-refractivity contribution in [1.82, 2.24) is 10.2 Å². The third-order valence-electron chi connectivity index (χ3n) is 4.04. The lowest BCUT2D eigenvalue weighted by molar-refractivity contribution is -0.134. The van der Waals surface area contributed by atoms with E-state index in [2.05, 4.69) is 29.3 Å². The Morgan fingerprint density at radius 3 is 2.27 bits per heavy atom. The molecule has 26 heavy (non-hydrogen) atoms. The molecule has 0 unspecified atom stereocenters. The summed E-state index contributed by atoms with van der Waals surface area (Å²) in [5.74, 6) is -2.51. The molecule has 0 atom stereocenters. The summed E-state index contributed by atoms with van der Waals surface area (Å²) in [5, 5.41) is 20.0. The number of aliphatic carboxylic acids is 2. The summed E-state index contributed by atoms with van der Waals surface area (Å²) in [7, 11) is 0. The fourth-order valence-corrected chi connectivity index (χ4v) is 3.03. The Bertz CT molecular complexity index is 585. The van der Waals surface area contributed by atoms with Crippen LogP contribution in [0.25, 0.3) is 0 Å². The average molecular weight is 383 g/mol. The number of piperidine rings is 1. The maximum Gasteiger partial charge on any atom is 0.328 e. The van der Waals surface area contributed by atoms with Gasteiger partial charge in [0.15, 0.2) is 0 Å². The molecule has 0 saturated carbocycles. The lowest BCUT2D eigenvalue weighted by Crippen LogP contribution is -2.43. The molecular weight excluding hydrogens is 356 g/mol. The Morgan fingerprint density at radius 2 is 1.77 bits per heavy atom. The monoisotopic (exact) mass is 382 g/mol. The molecule has 0 bridgehead atoms. The van der Waals surface area contributed by atoms with Crippen molar-refractivity contribution in [1.29, 1.82) is 0 Å². The molecule has 1 saturated heterocycles. The van der Waals surface area contributed by atoms with Gasteiger partial charge in [-0.15, -0.1) is 0 Å². The molecule has 1 heterocycles. The minimum Gasteiger partial charge on any atom is -0.478 e. The van der Waals surface area contributed by atoms with Crippen LogP contribution in [0.5, 0.6) is 0 Å². The number of benzene rings is 1. The van der Waals surface area contributed by atoms with Crippen molar-refractivity contribution in [2.24, 2.45) is 0 Å². The van der Waals surface area contributed by atoms with Crippen molar-refractivity contribution in [2.45, 2.75) is 38.8 Å². The van der Waals surface area contributed by atoms with E-state index in [0.717, 1.165) is 31.2 Å². The Morgan fingerprint density at radius 1 is 1.19 bits per heavy atom. The highest BCUT2D eigenvalue weighted by molar-refractivity contribution is 6.31. The number of carbonyl (C=O) groups is 2. The summed E-state index contributed by atoms with van der Waals surface area (Å²) >= 11 is 6.27. The van der Waals surface area contributed by atoms with E-state index in [1.165, 1.54) is 24.8 Å². The van der Waals surface area contributed by atoms with Crippen molar-refractivity contribution < 1.29 is 19.8 Å². The molecule has 2 rings (SSSR count). The topological polar surface area (TPSA) is 89.9 Å². The van der Waals surface area contributed by atoms with E-state index in [1.807, 2.05) is 12.1 Å². The van der Waals surface area contributed by atoms with Crippen LogP contribution >= 0.6 is 11.6 Å². The second-order valence-corrected chi connectivity index (χ2v) is 6.46. The van der Waals surface area contributed by atoms with Gasteiger partial charge in [-0.2, -0.15) is 0 Å². The summed E-state index contributed by atoms with van der Waals surface area (Å²) in [5.41, 5.74) is 1.26. The van der Waals surface area contributed by atoms with Crippen LogP contribution in [-0.2, 0) is 16.1 Å². The van der Waals surface area contributed by atoms with E-state index >= 15 is 0 Å².